The first-order chi connectivity index (χ1) is 17.7. The van der Waals surface area contributed by atoms with E-state index in [1.165, 1.54) is 37.4 Å². The monoisotopic (exact) mass is 538 g/mol. The minimum Gasteiger partial charge on any atom is -0.465 e. The van der Waals surface area contributed by atoms with Gasteiger partial charge in [0.25, 0.3) is 17.4 Å². The second kappa shape index (κ2) is 10.9. The molecule has 0 saturated heterocycles. The summed E-state index contributed by atoms with van der Waals surface area (Å²) in [6.07, 6.45) is 1.37. The molecular formula is C26H23ClN4O5S. The van der Waals surface area contributed by atoms with Gasteiger partial charge in [0.05, 0.1) is 12.7 Å². The van der Waals surface area contributed by atoms with Crippen LogP contribution in [0.3, 0.4) is 0 Å². The van der Waals surface area contributed by atoms with Crippen LogP contribution in [-0.2, 0) is 11.2 Å². The average Bonchev–Trinajstić information content (AvgIpc) is 3.26. The molecule has 0 radical (unpaired) electrons. The third kappa shape index (κ3) is 5.55. The van der Waals surface area contributed by atoms with Gasteiger partial charge in [-0.05, 0) is 61.4 Å². The molecule has 2 heterocycles. The predicted molar refractivity (Wildman–Crippen MR) is 143 cm³/mol. The standard InChI is InChI=1S/C26H23ClN4O5S/c1-4-5-18-13-20(32)31-21(23(33)28-17-9-6-15(7-10-17)25(35)36-3)22(37-26(31)29-18)24(34)30-19-11-8-16(27)12-14(19)2/h6-13H,4-5H2,1-3H3,(H,28,33)(H,30,34). The van der Waals surface area contributed by atoms with Gasteiger partial charge in [0.1, 0.15) is 10.6 Å². The molecule has 0 spiro atoms. The van der Waals surface area contributed by atoms with Crippen LogP contribution in [0.2, 0.25) is 5.02 Å². The summed E-state index contributed by atoms with van der Waals surface area (Å²) in [6.45, 7) is 3.76. The predicted octanol–water partition coefficient (Wildman–Crippen LogP) is 4.96. The van der Waals surface area contributed by atoms with Crippen LogP contribution >= 0.6 is 22.9 Å². The molecule has 2 aromatic carbocycles. The maximum Gasteiger partial charge on any atom is 0.337 e. The Hall–Kier alpha value is -4.02. The number of rotatable bonds is 7. The molecule has 4 aromatic rings. The van der Waals surface area contributed by atoms with Crippen LogP contribution in [0.5, 0.6) is 0 Å². The molecule has 0 aliphatic carbocycles. The fraction of sp³-hybridized carbons (Fsp3) is 0.192. The van der Waals surface area contributed by atoms with Gasteiger partial charge >= 0.3 is 5.97 Å². The number of fused-ring (bicyclic) bond motifs is 1. The summed E-state index contributed by atoms with van der Waals surface area (Å²) in [4.78, 5) is 56.3. The molecule has 11 heteroatoms. The van der Waals surface area contributed by atoms with Crippen molar-refractivity contribution >= 4 is 57.1 Å². The molecular weight excluding hydrogens is 516 g/mol. The first-order valence-electron chi connectivity index (χ1n) is 11.3. The van der Waals surface area contributed by atoms with E-state index in [9.17, 15) is 19.2 Å². The van der Waals surface area contributed by atoms with Crippen molar-refractivity contribution in [3.05, 3.63) is 91.3 Å². The molecule has 0 unspecified atom stereocenters. The van der Waals surface area contributed by atoms with Crippen LogP contribution in [0.15, 0.2) is 53.3 Å². The van der Waals surface area contributed by atoms with Gasteiger partial charge in [0.2, 0.25) is 0 Å². The third-order valence-electron chi connectivity index (χ3n) is 5.50. The number of esters is 1. The Balaban J connectivity index is 1.76. The van der Waals surface area contributed by atoms with E-state index in [1.54, 1.807) is 25.1 Å². The summed E-state index contributed by atoms with van der Waals surface area (Å²) in [5.74, 6) is -1.76. The van der Waals surface area contributed by atoms with E-state index < -0.39 is 23.3 Å². The normalized spacial score (nSPS) is 10.8. The number of hydrogen-bond acceptors (Lipinski definition) is 7. The van der Waals surface area contributed by atoms with Gasteiger partial charge in [-0.25, -0.2) is 14.2 Å². The van der Waals surface area contributed by atoms with Crippen molar-refractivity contribution in [3.63, 3.8) is 0 Å². The van der Waals surface area contributed by atoms with E-state index in [2.05, 4.69) is 20.4 Å². The van der Waals surface area contributed by atoms with E-state index in [1.807, 2.05) is 6.92 Å². The number of aromatic nitrogens is 2. The Kier molecular flexibility index (Phi) is 7.70. The lowest BCUT2D eigenvalue weighted by Gasteiger charge is -2.10. The summed E-state index contributed by atoms with van der Waals surface area (Å²) in [7, 11) is 1.27. The summed E-state index contributed by atoms with van der Waals surface area (Å²) in [5, 5.41) is 6.02. The quantitative estimate of drug-likeness (QED) is 0.321. The van der Waals surface area contributed by atoms with Crippen molar-refractivity contribution in [1.82, 2.24) is 9.38 Å². The van der Waals surface area contributed by atoms with Gasteiger partial charge in [-0.1, -0.05) is 36.3 Å². The number of methoxy groups -OCH3 is 1. The Morgan fingerprint density at radius 3 is 2.43 bits per heavy atom. The minimum atomic E-state index is -0.679. The van der Waals surface area contributed by atoms with E-state index in [-0.39, 0.29) is 15.5 Å². The van der Waals surface area contributed by atoms with Gasteiger partial charge in [0.15, 0.2) is 4.96 Å². The van der Waals surface area contributed by atoms with Crippen molar-refractivity contribution in [2.24, 2.45) is 0 Å². The maximum absolute atomic E-state index is 13.4. The van der Waals surface area contributed by atoms with Crippen LogP contribution in [0.4, 0.5) is 11.4 Å². The molecule has 9 nitrogen and oxygen atoms in total. The van der Waals surface area contributed by atoms with Crippen LogP contribution in [0.25, 0.3) is 4.96 Å². The number of thiazole rings is 1. The fourth-order valence-corrected chi connectivity index (χ4v) is 4.98. The lowest BCUT2D eigenvalue weighted by Crippen LogP contribution is -2.25. The number of halogens is 1. The maximum atomic E-state index is 13.4. The zero-order chi connectivity index (χ0) is 26.7. The number of carbonyl (C=O) groups excluding carboxylic acids is 3. The number of nitrogens with one attached hydrogen (secondary N) is 2. The van der Waals surface area contributed by atoms with Crippen LogP contribution in [-0.4, -0.2) is 34.3 Å². The highest BCUT2D eigenvalue weighted by molar-refractivity contribution is 7.19. The molecule has 4 rings (SSSR count). The van der Waals surface area contributed by atoms with Crippen molar-refractivity contribution in [2.45, 2.75) is 26.7 Å². The lowest BCUT2D eigenvalue weighted by molar-refractivity contribution is 0.0600. The van der Waals surface area contributed by atoms with Gasteiger partial charge < -0.3 is 15.4 Å². The fourth-order valence-electron chi connectivity index (χ4n) is 3.71. The molecule has 2 amide bonds. The van der Waals surface area contributed by atoms with E-state index >= 15 is 0 Å². The van der Waals surface area contributed by atoms with Crippen molar-refractivity contribution < 1.29 is 19.1 Å². The largest absolute Gasteiger partial charge is 0.465 e. The highest BCUT2D eigenvalue weighted by atomic mass is 35.5. The number of anilines is 2. The number of aryl methyl sites for hydroxylation is 2. The zero-order valence-corrected chi connectivity index (χ0v) is 21.8. The summed E-state index contributed by atoms with van der Waals surface area (Å²) >= 11 is 6.98. The summed E-state index contributed by atoms with van der Waals surface area (Å²) in [5.41, 5.74) is 1.91. The molecule has 2 N–H and O–H groups in total. The Morgan fingerprint density at radius 1 is 1.05 bits per heavy atom. The second-order valence-electron chi connectivity index (χ2n) is 8.17. The summed E-state index contributed by atoms with van der Waals surface area (Å²) < 4.78 is 5.83. The molecule has 0 aliphatic rings. The highest BCUT2D eigenvalue weighted by Crippen LogP contribution is 2.26. The smallest absolute Gasteiger partial charge is 0.337 e. The molecule has 37 heavy (non-hydrogen) atoms. The van der Waals surface area contributed by atoms with Crippen LogP contribution < -0.4 is 16.2 Å². The SMILES string of the molecule is CCCc1cc(=O)n2c(C(=O)Nc3ccc(C(=O)OC)cc3)c(C(=O)Nc3ccc(Cl)cc3C)sc2n1. The van der Waals surface area contributed by atoms with Crippen molar-refractivity contribution in [2.75, 3.05) is 17.7 Å². The molecule has 0 fully saturated rings. The zero-order valence-electron chi connectivity index (χ0n) is 20.3. The van der Waals surface area contributed by atoms with E-state index in [0.29, 0.717) is 34.1 Å². The Bertz CT molecular complexity index is 1580. The van der Waals surface area contributed by atoms with E-state index in [0.717, 1.165) is 27.7 Å². The molecule has 2 aromatic heterocycles. The number of hydrogen-bond donors (Lipinski definition) is 2. The number of amides is 2. The van der Waals surface area contributed by atoms with Gasteiger partial charge in [0, 0.05) is 28.2 Å². The number of benzene rings is 2. The Morgan fingerprint density at radius 2 is 1.78 bits per heavy atom. The highest BCUT2D eigenvalue weighted by Gasteiger charge is 2.27. The van der Waals surface area contributed by atoms with Gasteiger partial charge in [-0.2, -0.15) is 0 Å². The number of ether oxygens (including phenoxy) is 1. The third-order valence-corrected chi connectivity index (χ3v) is 6.78. The minimum absolute atomic E-state index is 0.0243. The topological polar surface area (TPSA) is 119 Å². The first kappa shape index (κ1) is 26.1. The first-order valence-corrected chi connectivity index (χ1v) is 12.5. The van der Waals surface area contributed by atoms with Crippen molar-refractivity contribution in [1.29, 1.82) is 0 Å². The molecule has 0 saturated carbocycles. The van der Waals surface area contributed by atoms with Gasteiger partial charge in [-0.15, -0.1) is 0 Å². The Labute approximate surface area is 221 Å². The average molecular weight is 539 g/mol. The van der Waals surface area contributed by atoms with E-state index in [4.69, 9.17) is 11.6 Å². The number of nitrogens with zero attached hydrogens (tertiary/aromatic N) is 2. The van der Waals surface area contributed by atoms with Crippen molar-refractivity contribution in [3.8, 4) is 0 Å². The second-order valence-corrected chi connectivity index (χ2v) is 9.58. The molecule has 190 valence electrons. The lowest BCUT2D eigenvalue weighted by atomic mass is 10.2. The van der Waals surface area contributed by atoms with Gasteiger partial charge in [-0.3, -0.25) is 14.4 Å². The molecule has 0 bridgehead atoms. The van der Waals surface area contributed by atoms with Crippen LogP contribution in [0.1, 0.15) is 55.1 Å². The number of carbonyl (C=O) groups is 3. The summed E-state index contributed by atoms with van der Waals surface area (Å²) in [6, 6.07) is 12.4. The molecule has 0 aliphatic heterocycles. The van der Waals surface area contributed by atoms with Crippen LogP contribution in [0, 0.1) is 6.92 Å². The molecule has 0 atom stereocenters.